The average Bonchev–Trinajstić information content (AvgIpc) is 3.42. The van der Waals surface area contributed by atoms with Crippen LogP contribution >= 0.6 is 22.6 Å². The van der Waals surface area contributed by atoms with Crippen LogP contribution in [0.15, 0.2) is 95.2 Å². The van der Waals surface area contributed by atoms with Crippen LogP contribution in [0.2, 0.25) is 0 Å². The van der Waals surface area contributed by atoms with Crippen molar-refractivity contribution < 1.29 is 17.1 Å². The Morgan fingerprint density at radius 2 is 1.64 bits per heavy atom. The van der Waals surface area contributed by atoms with E-state index in [0.717, 1.165) is 26.1 Å². The average molecular weight is 516 g/mol. The van der Waals surface area contributed by atoms with Crippen LogP contribution in [0.4, 0.5) is 11.4 Å². The summed E-state index contributed by atoms with van der Waals surface area (Å²) in [6.07, 6.45) is 10.0. The fraction of sp³-hybridized carbons (Fsp3) is 0. The molecule has 138 valence electrons. The van der Waals surface area contributed by atoms with Crippen LogP contribution in [-0.4, -0.2) is 0 Å². The molecule has 4 heteroatoms. The summed E-state index contributed by atoms with van der Waals surface area (Å²) in [4.78, 5) is 0. The smallest absolute Gasteiger partial charge is 0.231 e. The van der Waals surface area contributed by atoms with E-state index >= 15 is 0 Å². The van der Waals surface area contributed by atoms with Crippen LogP contribution in [0, 0.1) is 34.7 Å². The molecule has 0 fully saturated rings. The summed E-state index contributed by atoms with van der Waals surface area (Å²) < 4.78 is 1.14. The number of rotatable bonds is 2. The van der Waals surface area contributed by atoms with Crippen molar-refractivity contribution in [3.05, 3.63) is 119 Å². The van der Waals surface area contributed by atoms with Crippen LogP contribution < -0.4 is 0 Å². The molecule has 0 amide bonds. The predicted molar refractivity (Wildman–Crippen MR) is 120 cm³/mol. The molecule has 0 saturated heterocycles. The van der Waals surface area contributed by atoms with E-state index in [9.17, 15) is 0 Å². The Bertz CT molecular complexity index is 973. The Kier molecular flexibility index (Phi) is 9.71. The normalized spacial score (nSPS) is 11.6. The second kappa shape index (κ2) is 12.3. The molecule has 4 rings (SSSR count). The summed E-state index contributed by atoms with van der Waals surface area (Å²) in [7, 11) is 0. The molecule has 0 saturated carbocycles. The summed E-state index contributed by atoms with van der Waals surface area (Å²) in [5, 5.41) is 8.54. The third kappa shape index (κ3) is 7.82. The van der Waals surface area contributed by atoms with Gasteiger partial charge < -0.3 is 0 Å². The molecule has 28 heavy (non-hydrogen) atoms. The van der Waals surface area contributed by atoms with Gasteiger partial charge in [-0.05, 0) is 59.0 Å². The number of benzene rings is 2. The number of azo groups is 1. The topological polar surface area (TPSA) is 24.7 Å². The first-order chi connectivity index (χ1) is 13.3. The zero-order chi connectivity index (χ0) is 18.7. The van der Waals surface area contributed by atoms with Gasteiger partial charge in [-0.1, -0.05) is 12.1 Å². The largest absolute Gasteiger partial charge is 2.00 e. The molecule has 2 nitrogen and oxygen atoms in total. The van der Waals surface area contributed by atoms with Crippen molar-refractivity contribution in [1.29, 1.82) is 0 Å². The molecule has 0 heterocycles. The minimum Gasteiger partial charge on any atom is -0.231 e. The van der Waals surface area contributed by atoms with E-state index in [2.05, 4.69) is 44.7 Å². The van der Waals surface area contributed by atoms with E-state index in [0.29, 0.717) is 0 Å². The Morgan fingerprint density at radius 3 is 2.25 bits per heavy atom. The van der Waals surface area contributed by atoms with Gasteiger partial charge in [-0.2, -0.15) is 34.3 Å². The molecular weight excluding hydrogens is 499 g/mol. The van der Waals surface area contributed by atoms with Crippen LogP contribution in [0.1, 0.15) is 11.1 Å². The van der Waals surface area contributed by atoms with Crippen LogP contribution in [-0.2, 0) is 17.1 Å². The van der Waals surface area contributed by atoms with Gasteiger partial charge in [0.05, 0.1) is 11.4 Å². The van der Waals surface area contributed by atoms with Crippen molar-refractivity contribution in [2.24, 2.45) is 10.2 Å². The summed E-state index contributed by atoms with van der Waals surface area (Å²) >= 11 is 2.26. The summed E-state index contributed by atoms with van der Waals surface area (Å²) in [5.41, 5.74) is 3.60. The maximum absolute atomic E-state index is 4.28. The quantitative estimate of drug-likeness (QED) is 0.115. The maximum Gasteiger partial charge on any atom is 2.00 e. The summed E-state index contributed by atoms with van der Waals surface area (Å²) in [6, 6.07) is 23.6. The summed E-state index contributed by atoms with van der Waals surface area (Å²) in [6.45, 7) is 0. The number of allylic oxidation sites excluding steroid dienone is 2. The van der Waals surface area contributed by atoms with Crippen molar-refractivity contribution in [3.8, 4) is 11.8 Å². The first-order valence-corrected chi connectivity index (χ1v) is 9.55. The van der Waals surface area contributed by atoms with E-state index in [1.165, 1.54) is 0 Å². The van der Waals surface area contributed by atoms with Gasteiger partial charge >= 0.3 is 17.1 Å². The second-order valence-electron chi connectivity index (χ2n) is 5.62. The maximum atomic E-state index is 4.28. The zero-order valence-electron chi connectivity index (χ0n) is 14.9. The molecule has 3 aromatic rings. The van der Waals surface area contributed by atoms with E-state index in [1.807, 2.05) is 104 Å². The molecule has 0 unspecified atom stereocenters. The fourth-order valence-electron chi connectivity index (χ4n) is 2.22. The number of hydrogen-bond acceptors (Lipinski definition) is 2. The molecule has 1 aliphatic rings. The Balaban J connectivity index is 0.000000408. The van der Waals surface area contributed by atoms with Gasteiger partial charge in [-0.15, -0.1) is 30.4 Å². The fourth-order valence-corrected chi connectivity index (χ4v) is 2.75. The molecule has 1 aliphatic carbocycles. The molecule has 0 atom stereocenters. The van der Waals surface area contributed by atoms with Gasteiger partial charge in [-0.25, -0.2) is 18.6 Å². The van der Waals surface area contributed by atoms with Gasteiger partial charge in [0.1, 0.15) is 0 Å². The number of halogens is 1. The van der Waals surface area contributed by atoms with Crippen molar-refractivity contribution in [3.63, 3.8) is 0 Å². The molecule has 0 spiro atoms. The van der Waals surface area contributed by atoms with E-state index in [-0.39, 0.29) is 17.1 Å². The Morgan fingerprint density at radius 1 is 0.857 bits per heavy atom. The van der Waals surface area contributed by atoms with Crippen molar-refractivity contribution in [1.82, 2.24) is 0 Å². The molecule has 0 aromatic heterocycles. The molecule has 0 bridgehead atoms. The molecule has 2 radical (unpaired) electrons. The monoisotopic (exact) mass is 516 g/mol. The second-order valence-corrected chi connectivity index (χ2v) is 6.86. The Labute approximate surface area is 191 Å². The first kappa shape index (κ1) is 22.1. The third-order valence-electron chi connectivity index (χ3n) is 3.50. The van der Waals surface area contributed by atoms with Crippen LogP contribution in [0.25, 0.3) is 0 Å². The predicted octanol–water partition coefficient (Wildman–Crippen LogP) is 6.99. The zero-order valence-corrected chi connectivity index (χ0v) is 18.2. The van der Waals surface area contributed by atoms with Crippen molar-refractivity contribution in [2.45, 2.75) is 0 Å². The van der Waals surface area contributed by atoms with Gasteiger partial charge in [0.2, 0.25) is 0 Å². The standard InChI is InChI=1S/C19H12IN2.C5H5.Fe/c20-17-8-4-10-19(14-17)22-21-18-9-3-7-16(13-18)12-11-15-5-1-2-6-15;1-2-4-5-3-1;/h1-10,13-14H;1-5H;/q2*-1;+2. The summed E-state index contributed by atoms with van der Waals surface area (Å²) in [5.74, 6) is 6.27. The van der Waals surface area contributed by atoms with E-state index < -0.39 is 0 Å². The van der Waals surface area contributed by atoms with Crippen molar-refractivity contribution in [2.75, 3.05) is 0 Å². The SMILES string of the molecule is Ic1cccc(N=Nc2cccc(C#Cc3ccc[cH-]3)c2)c1.[CH]1[CH][CH-]C=C1.[Fe+2]. The molecular formula is C24H17FeIN2. The van der Waals surface area contributed by atoms with Crippen LogP contribution in [0.3, 0.4) is 0 Å². The Hall–Kier alpha value is -2.19. The minimum absolute atomic E-state index is 0. The molecule has 3 aromatic carbocycles. The third-order valence-corrected chi connectivity index (χ3v) is 4.18. The van der Waals surface area contributed by atoms with E-state index in [4.69, 9.17) is 0 Å². The molecule has 0 N–H and O–H groups in total. The van der Waals surface area contributed by atoms with Crippen molar-refractivity contribution >= 4 is 34.0 Å². The minimum atomic E-state index is 0. The van der Waals surface area contributed by atoms with Crippen LogP contribution in [0.5, 0.6) is 0 Å². The van der Waals surface area contributed by atoms with Gasteiger partial charge in [0, 0.05) is 9.13 Å². The van der Waals surface area contributed by atoms with E-state index in [1.54, 1.807) is 0 Å². The number of nitrogens with zero attached hydrogens (tertiary/aromatic N) is 2. The number of hydrogen-bond donors (Lipinski definition) is 0. The van der Waals surface area contributed by atoms with Gasteiger partial charge in [-0.3, -0.25) is 0 Å². The molecule has 0 aliphatic heterocycles. The first-order valence-electron chi connectivity index (χ1n) is 8.47. The van der Waals surface area contributed by atoms with Gasteiger partial charge in [0.15, 0.2) is 0 Å². The van der Waals surface area contributed by atoms with Gasteiger partial charge in [0.25, 0.3) is 0 Å².